The molecular formula is C15H21Cl2N3. The maximum atomic E-state index is 6.36. The number of aromatic nitrogens is 1. The van der Waals surface area contributed by atoms with Gasteiger partial charge in [-0.25, -0.2) is 4.98 Å². The summed E-state index contributed by atoms with van der Waals surface area (Å²) in [4.78, 5) is 6.88. The maximum Gasteiger partial charge on any atom is 0.147 e. The molecule has 0 radical (unpaired) electrons. The predicted molar refractivity (Wildman–Crippen MR) is 84.9 cm³/mol. The summed E-state index contributed by atoms with van der Waals surface area (Å²) in [6.07, 6.45) is 7.79. The lowest BCUT2D eigenvalue weighted by atomic mass is 9.98. The van der Waals surface area contributed by atoms with Crippen LogP contribution >= 0.6 is 23.2 Å². The first-order valence-electron chi connectivity index (χ1n) is 7.51. The standard InChI is InChI=1S/C15H21Cl2N3/c1-2-5-20(15-14(17)6-10(16)9-18-15)13-7-11-3-4-12(8-13)19-11/h6,9,11-13,19H,2-5,7-8H2,1H3. The topological polar surface area (TPSA) is 28.2 Å². The van der Waals surface area contributed by atoms with E-state index in [0.29, 0.717) is 28.2 Å². The first-order chi connectivity index (χ1) is 9.67. The van der Waals surface area contributed by atoms with Crippen LogP contribution in [0.25, 0.3) is 0 Å². The van der Waals surface area contributed by atoms with Gasteiger partial charge in [-0.3, -0.25) is 0 Å². The Hall–Kier alpha value is -0.510. The molecule has 110 valence electrons. The molecule has 1 N–H and O–H groups in total. The first-order valence-corrected chi connectivity index (χ1v) is 8.26. The van der Waals surface area contributed by atoms with E-state index < -0.39 is 0 Å². The number of pyridine rings is 1. The summed E-state index contributed by atoms with van der Waals surface area (Å²) >= 11 is 12.3. The summed E-state index contributed by atoms with van der Waals surface area (Å²) in [5.74, 6) is 0.893. The van der Waals surface area contributed by atoms with Crippen LogP contribution in [0, 0.1) is 0 Å². The summed E-state index contributed by atoms with van der Waals surface area (Å²) < 4.78 is 0. The highest BCUT2D eigenvalue weighted by Crippen LogP contribution is 2.34. The van der Waals surface area contributed by atoms with Crippen molar-refractivity contribution >= 4 is 29.0 Å². The van der Waals surface area contributed by atoms with Crippen LogP contribution in [-0.2, 0) is 0 Å². The van der Waals surface area contributed by atoms with Gasteiger partial charge in [0.2, 0.25) is 0 Å². The highest BCUT2D eigenvalue weighted by atomic mass is 35.5. The Morgan fingerprint density at radius 1 is 1.30 bits per heavy atom. The molecule has 2 aliphatic heterocycles. The SMILES string of the molecule is CCCN(c1ncc(Cl)cc1Cl)C1CC2CCC(C1)N2. The second-order valence-corrected chi connectivity index (χ2v) is 6.76. The van der Waals surface area contributed by atoms with Gasteiger partial charge in [-0.1, -0.05) is 30.1 Å². The Morgan fingerprint density at radius 3 is 2.60 bits per heavy atom. The van der Waals surface area contributed by atoms with Gasteiger partial charge in [-0.2, -0.15) is 0 Å². The summed E-state index contributed by atoms with van der Waals surface area (Å²) in [6.45, 7) is 3.20. The van der Waals surface area contributed by atoms with Crippen LogP contribution in [0.1, 0.15) is 39.0 Å². The third-order valence-electron chi connectivity index (χ3n) is 4.41. The van der Waals surface area contributed by atoms with Crippen LogP contribution in [0.5, 0.6) is 0 Å². The predicted octanol–water partition coefficient (Wildman–Crippen LogP) is 3.89. The molecule has 2 atom stereocenters. The number of piperidine rings is 1. The third-order valence-corrected chi connectivity index (χ3v) is 4.90. The molecule has 1 aromatic heterocycles. The van der Waals surface area contributed by atoms with Crippen LogP contribution in [0.2, 0.25) is 10.0 Å². The van der Waals surface area contributed by atoms with Gasteiger partial charge in [0.15, 0.2) is 0 Å². The Kier molecular flexibility index (Phi) is 4.39. The van der Waals surface area contributed by atoms with Crippen molar-refractivity contribution in [2.75, 3.05) is 11.4 Å². The minimum atomic E-state index is 0.542. The van der Waals surface area contributed by atoms with Crippen LogP contribution in [0.3, 0.4) is 0 Å². The number of anilines is 1. The van der Waals surface area contributed by atoms with Gasteiger partial charge < -0.3 is 10.2 Å². The molecular weight excluding hydrogens is 293 g/mol. The van der Waals surface area contributed by atoms with Crippen molar-refractivity contribution in [3.05, 3.63) is 22.3 Å². The van der Waals surface area contributed by atoms with Crippen molar-refractivity contribution in [3.8, 4) is 0 Å². The lowest BCUT2D eigenvalue weighted by Gasteiger charge is -2.38. The molecule has 2 unspecified atom stereocenters. The van der Waals surface area contributed by atoms with Crippen LogP contribution in [0.4, 0.5) is 5.82 Å². The van der Waals surface area contributed by atoms with E-state index in [-0.39, 0.29) is 0 Å². The number of rotatable bonds is 4. The van der Waals surface area contributed by atoms with E-state index >= 15 is 0 Å². The molecule has 1 aromatic rings. The summed E-state index contributed by atoms with van der Waals surface area (Å²) in [6, 6.07) is 3.68. The number of nitrogens with one attached hydrogen (secondary N) is 1. The number of fused-ring (bicyclic) bond motifs is 2. The summed E-state index contributed by atoms with van der Waals surface area (Å²) in [5, 5.41) is 4.95. The van der Waals surface area contributed by atoms with Gasteiger partial charge in [0, 0.05) is 30.9 Å². The van der Waals surface area contributed by atoms with E-state index in [9.17, 15) is 0 Å². The van der Waals surface area contributed by atoms with Crippen molar-refractivity contribution in [1.82, 2.24) is 10.3 Å². The fraction of sp³-hybridized carbons (Fsp3) is 0.667. The van der Waals surface area contributed by atoms with Gasteiger partial charge in [-0.15, -0.1) is 0 Å². The third kappa shape index (κ3) is 2.90. The summed E-state index contributed by atoms with van der Waals surface area (Å²) in [7, 11) is 0. The first kappa shape index (κ1) is 14.4. The van der Waals surface area contributed by atoms with Crippen molar-refractivity contribution in [2.24, 2.45) is 0 Å². The van der Waals surface area contributed by atoms with Crippen LogP contribution in [0.15, 0.2) is 12.3 Å². The highest BCUT2D eigenvalue weighted by Gasteiger charge is 2.36. The fourth-order valence-corrected chi connectivity index (χ4v) is 4.09. The van der Waals surface area contributed by atoms with E-state index in [1.165, 1.54) is 25.7 Å². The monoisotopic (exact) mass is 313 g/mol. The van der Waals surface area contributed by atoms with Crippen molar-refractivity contribution in [2.45, 2.75) is 57.2 Å². The highest BCUT2D eigenvalue weighted by molar-refractivity contribution is 6.36. The Bertz CT molecular complexity index is 468. The second-order valence-electron chi connectivity index (χ2n) is 5.92. The molecule has 3 rings (SSSR count). The molecule has 2 bridgehead atoms. The van der Waals surface area contributed by atoms with Crippen LogP contribution in [-0.4, -0.2) is 29.7 Å². The van der Waals surface area contributed by atoms with Gasteiger partial charge in [-0.05, 0) is 38.2 Å². The van der Waals surface area contributed by atoms with Crippen molar-refractivity contribution < 1.29 is 0 Å². The average Bonchev–Trinajstić information content (AvgIpc) is 2.76. The number of hydrogen-bond donors (Lipinski definition) is 1. The molecule has 5 heteroatoms. The number of hydrogen-bond acceptors (Lipinski definition) is 3. The number of halogens is 2. The Labute approximate surface area is 130 Å². The van der Waals surface area contributed by atoms with E-state index in [0.717, 1.165) is 18.8 Å². The second kappa shape index (κ2) is 6.08. The Balaban J connectivity index is 1.84. The average molecular weight is 314 g/mol. The zero-order chi connectivity index (χ0) is 14.1. The van der Waals surface area contributed by atoms with E-state index in [2.05, 4.69) is 22.1 Å². The molecule has 0 aliphatic carbocycles. The molecule has 2 saturated heterocycles. The zero-order valence-electron chi connectivity index (χ0n) is 11.8. The molecule has 20 heavy (non-hydrogen) atoms. The normalized spacial score (nSPS) is 28.6. The number of nitrogens with zero attached hydrogens (tertiary/aromatic N) is 2. The lowest BCUT2D eigenvalue weighted by Crippen LogP contribution is -2.49. The van der Waals surface area contributed by atoms with Gasteiger partial charge in [0.25, 0.3) is 0 Å². The Morgan fingerprint density at radius 2 is 2.00 bits per heavy atom. The molecule has 0 spiro atoms. The van der Waals surface area contributed by atoms with Crippen LogP contribution < -0.4 is 10.2 Å². The van der Waals surface area contributed by atoms with Crippen molar-refractivity contribution in [1.29, 1.82) is 0 Å². The van der Waals surface area contributed by atoms with E-state index in [4.69, 9.17) is 23.2 Å². The molecule has 2 fully saturated rings. The smallest absolute Gasteiger partial charge is 0.147 e. The molecule has 0 aromatic carbocycles. The zero-order valence-corrected chi connectivity index (χ0v) is 13.3. The minimum Gasteiger partial charge on any atom is -0.352 e. The largest absolute Gasteiger partial charge is 0.352 e. The summed E-state index contributed by atoms with van der Waals surface area (Å²) in [5.41, 5.74) is 0. The minimum absolute atomic E-state index is 0.542. The molecule has 3 nitrogen and oxygen atoms in total. The van der Waals surface area contributed by atoms with E-state index in [1.54, 1.807) is 12.3 Å². The molecule has 0 saturated carbocycles. The van der Waals surface area contributed by atoms with E-state index in [1.807, 2.05) is 0 Å². The quantitative estimate of drug-likeness (QED) is 0.914. The maximum absolute atomic E-state index is 6.36. The van der Waals surface area contributed by atoms with Crippen molar-refractivity contribution in [3.63, 3.8) is 0 Å². The van der Waals surface area contributed by atoms with Gasteiger partial charge in [0.05, 0.1) is 10.0 Å². The van der Waals surface area contributed by atoms with Gasteiger partial charge >= 0.3 is 0 Å². The lowest BCUT2D eigenvalue weighted by molar-refractivity contribution is 0.345. The molecule has 0 amide bonds. The molecule has 2 aliphatic rings. The fourth-order valence-electron chi connectivity index (χ4n) is 3.60. The van der Waals surface area contributed by atoms with Gasteiger partial charge in [0.1, 0.15) is 5.82 Å². The molecule has 3 heterocycles.